The van der Waals surface area contributed by atoms with Crippen molar-refractivity contribution in [3.63, 3.8) is 0 Å². The van der Waals surface area contributed by atoms with E-state index in [1.54, 1.807) is 12.1 Å². The number of pyridine rings is 1. The number of halogens is 2. The average molecular weight is 356 g/mol. The van der Waals surface area contributed by atoms with Gasteiger partial charge in [0.05, 0.1) is 22.5 Å². The van der Waals surface area contributed by atoms with E-state index in [9.17, 15) is 9.18 Å². The van der Waals surface area contributed by atoms with Crippen molar-refractivity contribution >= 4 is 34.7 Å². The van der Waals surface area contributed by atoms with Gasteiger partial charge in [-0.25, -0.2) is 9.37 Å². The number of carbonyl (C=O) groups is 1. The van der Waals surface area contributed by atoms with Crippen LogP contribution in [0.25, 0.3) is 0 Å². The number of carbonyl (C=O) groups excluding carboxylic acids is 1. The summed E-state index contributed by atoms with van der Waals surface area (Å²) in [7, 11) is 0. The summed E-state index contributed by atoms with van der Waals surface area (Å²) in [6.07, 6.45) is 1.49. The molecule has 0 saturated heterocycles. The van der Waals surface area contributed by atoms with Crippen LogP contribution in [0.4, 0.5) is 21.6 Å². The minimum Gasteiger partial charge on any atom is -0.340 e. The number of hydrogen-bond acceptors (Lipinski definition) is 3. The van der Waals surface area contributed by atoms with Gasteiger partial charge in [-0.15, -0.1) is 0 Å². The van der Waals surface area contributed by atoms with Gasteiger partial charge in [0, 0.05) is 5.69 Å². The van der Waals surface area contributed by atoms with Gasteiger partial charge in [0.25, 0.3) is 5.91 Å². The lowest BCUT2D eigenvalue weighted by molar-refractivity contribution is 0.102. The van der Waals surface area contributed by atoms with Gasteiger partial charge in [-0.2, -0.15) is 0 Å². The molecule has 0 aliphatic rings. The maximum Gasteiger partial charge on any atom is 0.260 e. The topological polar surface area (TPSA) is 54.0 Å². The molecule has 3 rings (SSSR count). The Morgan fingerprint density at radius 1 is 1.08 bits per heavy atom. The van der Waals surface area contributed by atoms with Crippen LogP contribution in [0, 0.1) is 12.7 Å². The van der Waals surface area contributed by atoms with E-state index in [0.29, 0.717) is 11.5 Å². The highest BCUT2D eigenvalue weighted by Gasteiger charge is 2.15. The molecule has 1 amide bonds. The predicted molar refractivity (Wildman–Crippen MR) is 98.1 cm³/mol. The fourth-order valence-electron chi connectivity index (χ4n) is 2.32. The zero-order chi connectivity index (χ0) is 17.8. The molecule has 0 aliphatic carbocycles. The number of aryl methyl sites for hydroxylation is 1. The third-order valence-corrected chi connectivity index (χ3v) is 3.82. The molecule has 0 bridgehead atoms. The maximum atomic E-state index is 13.8. The molecule has 0 saturated carbocycles. The summed E-state index contributed by atoms with van der Waals surface area (Å²) in [5.41, 5.74) is 2.31. The van der Waals surface area contributed by atoms with E-state index in [2.05, 4.69) is 15.6 Å². The number of amides is 1. The molecular weight excluding hydrogens is 341 g/mol. The first-order chi connectivity index (χ1) is 12.0. The van der Waals surface area contributed by atoms with Gasteiger partial charge < -0.3 is 10.6 Å². The van der Waals surface area contributed by atoms with Crippen LogP contribution < -0.4 is 10.6 Å². The number of nitrogens with one attached hydrogen (secondary N) is 2. The lowest BCUT2D eigenvalue weighted by Gasteiger charge is -2.09. The Labute approximate surface area is 149 Å². The van der Waals surface area contributed by atoms with Crippen LogP contribution in [-0.4, -0.2) is 10.9 Å². The first-order valence-electron chi connectivity index (χ1n) is 7.58. The highest BCUT2D eigenvalue weighted by atomic mass is 35.5. The van der Waals surface area contributed by atoms with Crippen LogP contribution in [0.5, 0.6) is 0 Å². The van der Waals surface area contributed by atoms with Crippen LogP contribution in [0.3, 0.4) is 0 Å². The molecule has 3 aromatic rings. The Balaban J connectivity index is 1.71. The fourth-order valence-corrected chi connectivity index (χ4v) is 2.57. The standard InChI is InChI=1S/C19H15ClFN3O/c1-12-4-2-5-13(10-12)23-17-9-8-14(11-22-17)24-19(25)18-15(20)6-3-7-16(18)21/h2-11H,1H3,(H,22,23)(H,24,25). The summed E-state index contributed by atoms with van der Waals surface area (Å²) >= 11 is 5.89. The number of anilines is 3. The number of hydrogen-bond donors (Lipinski definition) is 2. The third-order valence-electron chi connectivity index (χ3n) is 3.50. The van der Waals surface area contributed by atoms with Gasteiger partial charge in [-0.3, -0.25) is 4.79 Å². The second-order valence-electron chi connectivity index (χ2n) is 5.48. The number of aromatic nitrogens is 1. The monoisotopic (exact) mass is 355 g/mol. The Bertz CT molecular complexity index is 893. The first-order valence-corrected chi connectivity index (χ1v) is 7.96. The molecule has 126 valence electrons. The summed E-state index contributed by atoms with van der Waals surface area (Å²) in [5, 5.41) is 5.82. The van der Waals surface area contributed by atoms with E-state index in [4.69, 9.17) is 11.6 Å². The second kappa shape index (κ2) is 7.32. The molecular formula is C19H15ClFN3O. The van der Waals surface area contributed by atoms with E-state index < -0.39 is 11.7 Å². The van der Waals surface area contributed by atoms with Crippen molar-refractivity contribution in [3.05, 3.63) is 82.8 Å². The van der Waals surface area contributed by atoms with E-state index >= 15 is 0 Å². The Kier molecular flexibility index (Phi) is 4.95. The van der Waals surface area contributed by atoms with Crippen LogP contribution in [0.1, 0.15) is 15.9 Å². The lowest BCUT2D eigenvalue weighted by Crippen LogP contribution is -2.14. The normalized spacial score (nSPS) is 10.4. The Morgan fingerprint density at radius 2 is 1.88 bits per heavy atom. The summed E-state index contributed by atoms with van der Waals surface area (Å²) < 4.78 is 13.8. The van der Waals surface area contributed by atoms with Crippen molar-refractivity contribution < 1.29 is 9.18 Å². The van der Waals surface area contributed by atoms with Crippen molar-refractivity contribution in [1.29, 1.82) is 0 Å². The average Bonchev–Trinajstić information content (AvgIpc) is 2.56. The molecule has 2 N–H and O–H groups in total. The molecule has 0 fully saturated rings. The Morgan fingerprint density at radius 3 is 2.56 bits per heavy atom. The van der Waals surface area contributed by atoms with Gasteiger partial charge in [0.2, 0.25) is 0 Å². The van der Waals surface area contributed by atoms with Crippen LogP contribution >= 0.6 is 11.6 Å². The van der Waals surface area contributed by atoms with Gasteiger partial charge in [0.15, 0.2) is 0 Å². The fraction of sp³-hybridized carbons (Fsp3) is 0.0526. The summed E-state index contributed by atoms with van der Waals surface area (Å²) in [5.74, 6) is -0.660. The maximum absolute atomic E-state index is 13.8. The first kappa shape index (κ1) is 16.9. The molecule has 0 radical (unpaired) electrons. The van der Waals surface area contributed by atoms with E-state index in [-0.39, 0.29) is 10.6 Å². The number of benzene rings is 2. The van der Waals surface area contributed by atoms with Crippen molar-refractivity contribution in [2.75, 3.05) is 10.6 Å². The lowest BCUT2D eigenvalue weighted by atomic mass is 10.2. The molecule has 1 aromatic heterocycles. The molecule has 4 nitrogen and oxygen atoms in total. The molecule has 6 heteroatoms. The van der Waals surface area contributed by atoms with E-state index in [1.165, 1.54) is 24.4 Å². The highest BCUT2D eigenvalue weighted by molar-refractivity contribution is 6.34. The summed E-state index contributed by atoms with van der Waals surface area (Å²) in [4.78, 5) is 16.4. The van der Waals surface area contributed by atoms with Crippen molar-refractivity contribution in [1.82, 2.24) is 4.98 Å². The zero-order valence-electron chi connectivity index (χ0n) is 13.4. The predicted octanol–water partition coefficient (Wildman–Crippen LogP) is 5.18. The minimum atomic E-state index is -0.671. The van der Waals surface area contributed by atoms with Gasteiger partial charge in [-0.05, 0) is 48.9 Å². The molecule has 1 heterocycles. The van der Waals surface area contributed by atoms with Crippen LogP contribution in [0.2, 0.25) is 5.02 Å². The van der Waals surface area contributed by atoms with E-state index in [1.807, 2.05) is 31.2 Å². The highest BCUT2D eigenvalue weighted by Crippen LogP contribution is 2.21. The smallest absolute Gasteiger partial charge is 0.260 e. The Hall–Kier alpha value is -2.92. The quantitative estimate of drug-likeness (QED) is 0.678. The molecule has 0 spiro atoms. The van der Waals surface area contributed by atoms with Crippen LogP contribution in [-0.2, 0) is 0 Å². The van der Waals surface area contributed by atoms with Gasteiger partial charge in [-0.1, -0.05) is 29.8 Å². The minimum absolute atomic E-state index is 0.0585. The van der Waals surface area contributed by atoms with E-state index in [0.717, 1.165) is 11.3 Å². The van der Waals surface area contributed by atoms with Crippen molar-refractivity contribution in [2.45, 2.75) is 6.92 Å². The third kappa shape index (κ3) is 4.14. The molecule has 25 heavy (non-hydrogen) atoms. The van der Waals surface area contributed by atoms with Crippen molar-refractivity contribution in [2.24, 2.45) is 0 Å². The largest absolute Gasteiger partial charge is 0.340 e. The second-order valence-corrected chi connectivity index (χ2v) is 5.88. The zero-order valence-corrected chi connectivity index (χ0v) is 14.1. The van der Waals surface area contributed by atoms with Gasteiger partial charge >= 0.3 is 0 Å². The number of rotatable bonds is 4. The van der Waals surface area contributed by atoms with Crippen LogP contribution in [0.15, 0.2) is 60.8 Å². The number of nitrogens with zero attached hydrogens (tertiary/aromatic N) is 1. The summed E-state index contributed by atoms with van der Waals surface area (Å²) in [6, 6.07) is 15.4. The SMILES string of the molecule is Cc1cccc(Nc2ccc(NC(=O)c3c(F)cccc3Cl)cn2)c1. The molecule has 0 aliphatic heterocycles. The molecule has 2 aromatic carbocycles. The molecule has 0 atom stereocenters. The molecule has 0 unspecified atom stereocenters. The van der Waals surface area contributed by atoms with Gasteiger partial charge in [0.1, 0.15) is 11.6 Å². The summed E-state index contributed by atoms with van der Waals surface area (Å²) in [6.45, 7) is 2.01. The van der Waals surface area contributed by atoms with Crippen molar-refractivity contribution in [3.8, 4) is 0 Å².